The molecule has 0 unspecified atom stereocenters. The van der Waals surface area contributed by atoms with Crippen molar-refractivity contribution in [3.63, 3.8) is 0 Å². The van der Waals surface area contributed by atoms with Crippen molar-refractivity contribution in [1.29, 1.82) is 0 Å². The highest BCUT2D eigenvalue weighted by Gasteiger charge is 2.32. The van der Waals surface area contributed by atoms with Crippen molar-refractivity contribution in [1.82, 2.24) is 10.2 Å². The van der Waals surface area contributed by atoms with E-state index in [0.717, 1.165) is 38.6 Å². The zero-order valence-electron chi connectivity index (χ0n) is 10.3. The molecular weight excluding hydrogens is 188 g/mol. The number of rotatable bonds is 5. The van der Waals surface area contributed by atoms with E-state index >= 15 is 0 Å². The maximum absolute atomic E-state index is 10.4. The molecule has 1 rings (SSSR count). The Kier molecular flexibility index (Phi) is 4.74. The van der Waals surface area contributed by atoms with Crippen LogP contribution in [-0.2, 0) is 4.79 Å². The molecular formula is C12H24N2O. The lowest BCUT2D eigenvalue weighted by atomic mass is 9.83. The first-order valence-corrected chi connectivity index (χ1v) is 6.00. The van der Waals surface area contributed by atoms with Crippen LogP contribution in [0.5, 0.6) is 0 Å². The van der Waals surface area contributed by atoms with Crippen LogP contribution in [0.1, 0.15) is 39.5 Å². The lowest BCUT2D eigenvalue weighted by Crippen LogP contribution is -2.53. The number of nitrogens with zero attached hydrogens (tertiary/aromatic N) is 1. The summed E-state index contributed by atoms with van der Waals surface area (Å²) in [7, 11) is 2.02. The van der Waals surface area contributed by atoms with Gasteiger partial charge in [-0.15, -0.1) is 0 Å². The second kappa shape index (κ2) is 5.61. The second-order valence-electron chi connectivity index (χ2n) is 4.87. The average molecular weight is 212 g/mol. The molecule has 0 amide bonds. The Balaban J connectivity index is 2.46. The third kappa shape index (κ3) is 3.28. The van der Waals surface area contributed by atoms with Crippen LogP contribution in [0, 0.1) is 0 Å². The third-order valence-corrected chi connectivity index (χ3v) is 3.76. The summed E-state index contributed by atoms with van der Waals surface area (Å²) in [6, 6.07) is 0.644. The van der Waals surface area contributed by atoms with E-state index in [9.17, 15) is 4.79 Å². The van der Waals surface area contributed by atoms with Crippen LogP contribution in [0.4, 0.5) is 0 Å². The summed E-state index contributed by atoms with van der Waals surface area (Å²) in [6.07, 6.45) is 5.03. The number of likely N-dealkylation sites (tertiary alicyclic amines) is 1. The average Bonchev–Trinajstić information content (AvgIpc) is 2.27. The standard InChI is InChI=1S/C12H24N2O/c1-11(2)14-8-6-12(13-3,7-9-14)5-4-10-15/h10-11,13H,4-9H2,1-3H3. The van der Waals surface area contributed by atoms with Gasteiger partial charge < -0.3 is 15.0 Å². The zero-order valence-corrected chi connectivity index (χ0v) is 10.3. The molecule has 15 heavy (non-hydrogen) atoms. The Morgan fingerprint density at radius 3 is 2.40 bits per heavy atom. The van der Waals surface area contributed by atoms with Crippen LogP contribution in [0.15, 0.2) is 0 Å². The summed E-state index contributed by atoms with van der Waals surface area (Å²) in [5, 5.41) is 3.43. The predicted molar refractivity (Wildman–Crippen MR) is 63.0 cm³/mol. The van der Waals surface area contributed by atoms with Gasteiger partial charge in [-0.05, 0) is 40.2 Å². The van der Waals surface area contributed by atoms with Crippen LogP contribution < -0.4 is 5.32 Å². The van der Waals surface area contributed by atoms with E-state index in [-0.39, 0.29) is 5.54 Å². The van der Waals surface area contributed by atoms with Gasteiger partial charge in [0.15, 0.2) is 0 Å². The molecule has 1 heterocycles. The molecule has 0 saturated carbocycles. The number of piperidine rings is 1. The highest BCUT2D eigenvalue weighted by atomic mass is 16.1. The Bertz CT molecular complexity index is 196. The van der Waals surface area contributed by atoms with Crippen molar-refractivity contribution >= 4 is 6.29 Å². The van der Waals surface area contributed by atoms with Gasteiger partial charge in [0.25, 0.3) is 0 Å². The molecule has 1 aliphatic heterocycles. The lowest BCUT2D eigenvalue weighted by Gasteiger charge is -2.43. The molecule has 0 aromatic rings. The topological polar surface area (TPSA) is 32.3 Å². The quantitative estimate of drug-likeness (QED) is 0.700. The van der Waals surface area contributed by atoms with Gasteiger partial charge in [0.1, 0.15) is 6.29 Å². The Morgan fingerprint density at radius 2 is 2.00 bits per heavy atom. The fraction of sp³-hybridized carbons (Fsp3) is 0.917. The van der Waals surface area contributed by atoms with Crippen molar-refractivity contribution in [2.45, 2.75) is 51.1 Å². The van der Waals surface area contributed by atoms with Crippen molar-refractivity contribution in [3.8, 4) is 0 Å². The maximum atomic E-state index is 10.4. The van der Waals surface area contributed by atoms with Crippen LogP contribution in [0.2, 0.25) is 0 Å². The molecule has 1 aliphatic rings. The van der Waals surface area contributed by atoms with Gasteiger partial charge in [-0.1, -0.05) is 0 Å². The number of hydrogen-bond donors (Lipinski definition) is 1. The van der Waals surface area contributed by atoms with Gasteiger partial charge in [-0.2, -0.15) is 0 Å². The van der Waals surface area contributed by atoms with Gasteiger partial charge in [-0.3, -0.25) is 0 Å². The summed E-state index contributed by atoms with van der Waals surface area (Å²) in [4.78, 5) is 13.0. The number of nitrogens with one attached hydrogen (secondary N) is 1. The SMILES string of the molecule is CNC1(CCC=O)CCN(C(C)C)CC1. The molecule has 0 aromatic carbocycles. The van der Waals surface area contributed by atoms with E-state index in [1.165, 1.54) is 0 Å². The largest absolute Gasteiger partial charge is 0.314 e. The highest BCUT2D eigenvalue weighted by molar-refractivity contribution is 5.49. The molecule has 1 fully saturated rings. The van der Waals surface area contributed by atoms with Crippen molar-refractivity contribution in [2.24, 2.45) is 0 Å². The van der Waals surface area contributed by atoms with E-state index in [2.05, 4.69) is 24.1 Å². The molecule has 0 radical (unpaired) electrons. The first-order chi connectivity index (χ1) is 7.13. The van der Waals surface area contributed by atoms with Crippen LogP contribution in [0.25, 0.3) is 0 Å². The minimum absolute atomic E-state index is 0.215. The molecule has 3 nitrogen and oxygen atoms in total. The van der Waals surface area contributed by atoms with Gasteiger partial charge in [0, 0.05) is 31.1 Å². The first kappa shape index (κ1) is 12.7. The second-order valence-corrected chi connectivity index (χ2v) is 4.87. The fourth-order valence-electron chi connectivity index (χ4n) is 2.43. The molecule has 0 atom stereocenters. The fourth-order valence-corrected chi connectivity index (χ4v) is 2.43. The first-order valence-electron chi connectivity index (χ1n) is 6.00. The van der Waals surface area contributed by atoms with E-state index in [1.807, 2.05) is 7.05 Å². The highest BCUT2D eigenvalue weighted by Crippen LogP contribution is 2.27. The molecule has 1 saturated heterocycles. The van der Waals surface area contributed by atoms with Gasteiger partial charge >= 0.3 is 0 Å². The zero-order chi connectivity index (χ0) is 11.3. The number of carbonyl (C=O) groups is 1. The van der Waals surface area contributed by atoms with Gasteiger partial charge in [0.2, 0.25) is 0 Å². The molecule has 0 aliphatic carbocycles. The van der Waals surface area contributed by atoms with Crippen molar-refractivity contribution < 1.29 is 4.79 Å². The third-order valence-electron chi connectivity index (χ3n) is 3.76. The molecule has 0 spiro atoms. The summed E-state index contributed by atoms with van der Waals surface area (Å²) in [6.45, 7) is 6.80. The van der Waals surface area contributed by atoms with Crippen molar-refractivity contribution in [2.75, 3.05) is 20.1 Å². The molecule has 3 heteroatoms. The van der Waals surface area contributed by atoms with Crippen LogP contribution >= 0.6 is 0 Å². The molecule has 0 aromatic heterocycles. The smallest absolute Gasteiger partial charge is 0.120 e. The molecule has 0 bridgehead atoms. The number of hydrogen-bond acceptors (Lipinski definition) is 3. The summed E-state index contributed by atoms with van der Waals surface area (Å²) < 4.78 is 0. The maximum Gasteiger partial charge on any atom is 0.120 e. The predicted octanol–water partition coefficient (Wildman–Crippen LogP) is 1.43. The summed E-state index contributed by atoms with van der Waals surface area (Å²) >= 11 is 0. The van der Waals surface area contributed by atoms with Crippen molar-refractivity contribution in [3.05, 3.63) is 0 Å². The van der Waals surface area contributed by atoms with E-state index in [4.69, 9.17) is 0 Å². The number of carbonyl (C=O) groups excluding carboxylic acids is 1. The van der Waals surface area contributed by atoms with Crippen LogP contribution in [0.3, 0.4) is 0 Å². The van der Waals surface area contributed by atoms with E-state index in [0.29, 0.717) is 12.5 Å². The molecule has 1 N–H and O–H groups in total. The van der Waals surface area contributed by atoms with Crippen LogP contribution in [-0.4, -0.2) is 42.9 Å². The van der Waals surface area contributed by atoms with Gasteiger partial charge in [-0.25, -0.2) is 0 Å². The minimum atomic E-state index is 0.215. The Hall–Kier alpha value is -0.410. The Labute approximate surface area is 93.2 Å². The normalized spacial score (nSPS) is 21.9. The van der Waals surface area contributed by atoms with Gasteiger partial charge in [0.05, 0.1) is 0 Å². The lowest BCUT2D eigenvalue weighted by molar-refractivity contribution is -0.108. The number of aldehydes is 1. The minimum Gasteiger partial charge on any atom is -0.314 e. The summed E-state index contributed by atoms with van der Waals surface area (Å²) in [5.41, 5.74) is 0.215. The summed E-state index contributed by atoms with van der Waals surface area (Å²) in [5.74, 6) is 0. The van der Waals surface area contributed by atoms with E-state index < -0.39 is 0 Å². The van der Waals surface area contributed by atoms with E-state index in [1.54, 1.807) is 0 Å². The molecule has 88 valence electrons. The monoisotopic (exact) mass is 212 g/mol. The Morgan fingerprint density at radius 1 is 1.40 bits per heavy atom.